The van der Waals surface area contributed by atoms with Crippen molar-refractivity contribution in [1.82, 2.24) is 9.47 Å². The maximum absolute atomic E-state index is 11.1. The average molecular weight is 244 g/mol. The standard InChI is InChI=1S/C15H20N2O/c1-3-4-9-16(2)12-17-10-13(11-18)14-7-5-6-8-15(14)17/h5-8,10-11H,3-4,9,12H2,1-2H3. The lowest BCUT2D eigenvalue weighted by Crippen LogP contribution is -2.22. The van der Waals surface area contributed by atoms with E-state index in [4.69, 9.17) is 0 Å². The lowest BCUT2D eigenvalue weighted by Gasteiger charge is -2.17. The number of para-hydroxylation sites is 1. The summed E-state index contributed by atoms with van der Waals surface area (Å²) < 4.78 is 2.15. The van der Waals surface area contributed by atoms with E-state index < -0.39 is 0 Å². The molecule has 2 aromatic rings. The molecule has 0 amide bonds. The summed E-state index contributed by atoms with van der Waals surface area (Å²) in [4.78, 5) is 13.3. The molecular formula is C15H20N2O. The highest BCUT2D eigenvalue weighted by Gasteiger charge is 2.08. The maximum atomic E-state index is 11.1. The van der Waals surface area contributed by atoms with Gasteiger partial charge in [-0.05, 0) is 26.1 Å². The normalized spacial score (nSPS) is 11.3. The largest absolute Gasteiger partial charge is 0.333 e. The van der Waals surface area contributed by atoms with E-state index in [0.717, 1.165) is 36.0 Å². The quantitative estimate of drug-likeness (QED) is 0.729. The summed E-state index contributed by atoms with van der Waals surface area (Å²) in [5, 5.41) is 1.04. The number of rotatable bonds is 6. The number of aldehydes is 1. The second kappa shape index (κ2) is 5.83. The lowest BCUT2D eigenvalue weighted by molar-refractivity contribution is 0.112. The molecule has 3 heteroatoms. The highest BCUT2D eigenvalue weighted by atomic mass is 16.1. The molecule has 0 aliphatic heterocycles. The summed E-state index contributed by atoms with van der Waals surface area (Å²) in [5.41, 5.74) is 1.90. The average Bonchev–Trinajstić information content (AvgIpc) is 2.75. The number of nitrogens with zero attached hydrogens (tertiary/aromatic N) is 2. The Labute approximate surface area is 108 Å². The van der Waals surface area contributed by atoms with Gasteiger partial charge >= 0.3 is 0 Å². The smallest absolute Gasteiger partial charge is 0.152 e. The predicted molar refractivity (Wildman–Crippen MR) is 74.9 cm³/mol. The zero-order valence-corrected chi connectivity index (χ0v) is 11.1. The topological polar surface area (TPSA) is 25.2 Å². The van der Waals surface area contributed by atoms with Crippen molar-refractivity contribution in [3.8, 4) is 0 Å². The summed E-state index contributed by atoms with van der Waals surface area (Å²) in [6.07, 6.45) is 5.29. The second-order valence-corrected chi connectivity index (χ2v) is 4.76. The van der Waals surface area contributed by atoms with E-state index in [0.29, 0.717) is 0 Å². The van der Waals surface area contributed by atoms with Crippen LogP contribution in [0.1, 0.15) is 30.1 Å². The van der Waals surface area contributed by atoms with Crippen molar-refractivity contribution in [3.05, 3.63) is 36.0 Å². The van der Waals surface area contributed by atoms with Crippen LogP contribution in [-0.2, 0) is 6.67 Å². The first-order valence-electron chi connectivity index (χ1n) is 6.48. The molecular weight excluding hydrogens is 224 g/mol. The van der Waals surface area contributed by atoms with Gasteiger partial charge in [0.2, 0.25) is 0 Å². The zero-order chi connectivity index (χ0) is 13.0. The van der Waals surface area contributed by atoms with Gasteiger partial charge < -0.3 is 4.57 Å². The Morgan fingerprint density at radius 1 is 1.33 bits per heavy atom. The summed E-state index contributed by atoms with van der Waals surface area (Å²) in [7, 11) is 2.12. The first-order chi connectivity index (χ1) is 8.76. The molecule has 1 heterocycles. The van der Waals surface area contributed by atoms with E-state index in [1.54, 1.807) is 0 Å². The second-order valence-electron chi connectivity index (χ2n) is 4.76. The van der Waals surface area contributed by atoms with Gasteiger partial charge in [0.15, 0.2) is 6.29 Å². The lowest BCUT2D eigenvalue weighted by atomic mass is 10.2. The minimum Gasteiger partial charge on any atom is -0.333 e. The Morgan fingerprint density at radius 3 is 2.83 bits per heavy atom. The number of fused-ring (bicyclic) bond motifs is 1. The molecule has 0 unspecified atom stereocenters. The van der Waals surface area contributed by atoms with Crippen LogP contribution in [0.25, 0.3) is 10.9 Å². The van der Waals surface area contributed by atoms with Crippen molar-refractivity contribution >= 4 is 17.2 Å². The number of hydrogen-bond acceptors (Lipinski definition) is 2. The fourth-order valence-corrected chi connectivity index (χ4v) is 2.24. The van der Waals surface area contributed by atoms with E-state index in [-0.39, 0.29) is 0 Å². The summed E-state index contributed by atoms with van der Waals surface area (Å²) >= 11 is 0. The third-order valence-electron chi connectivity index (χ3n) is 3.23. The molecule has 0 fully saturated rings. The van der Waals surface area contributed by atoms with Gasteiger partial charge in [0.1, 0.15) is 0 Å². The van der Waals surface area contributed by atoms with Crippen molar-refractivity contribution < 1.29 is 4.79 Å². The van der Waals surface area contributed by atoms with E-state index >= 15 is 0 Å². The molecule has 1 aromatic carbocycles. The molecule has 0 bridgehead atoms. The van der Waals surface area contributed by atoms with E-state index in [1.165, 1.54) is 12.8 Å². The Morgan fingerprint density at radius 2 is 2.11 bits per heavy atom. The van der Waals surface area contributed by atoms with Crippen LogP contribution in [0.15, 0.2) is 30.5 Å². The van der Waals surface area contributed by atoms with Crippen LogP contribution in [0.4, 0.5) is 0 Å². The maximum Gasteiger partial charge on any atom is 0.152 e. The predicted octanol–water partition coefficient (Wildman–Crippen LogP) is 3.14. The SMILES string of the molecule is CCCCN(C)Cn1cc(C=O)c2ccccc21. The Kier molecular flexibility index (Phi) is 4.15. The monoisotopic (exact) mass is 244 g/mol. The van der Waals surface area contributed by atoms with Gasteiger partial charge in [0.25, 0.3) is 0 Å². The Balaban J connectivity index is 2.25. The highest BCUT2D eigenvalue weighted by Crippen LogP contribution is 2.20. The van der Waals surface area contributed by atoms with Crippen LogP contribution in [-0.4, -0.2) is 29.3 Å². The van der Waals surface area contributed by atoms with Gasteiger partial charge in [0, 0.05) is 22.7 Å². The van der Waals surface area contributed by atoms with Crippen LogP contribution in [0, 0.1) is 0 Å². The molecule has 2 rings (SSSR count). The van der Waals surface area contributed by atoms with Gasteiger partial charge in [-0.1, -0.05) is 31.5 Å². The van der Waals surface area contributed by atoms with Crippen LogP contribution in [0.2, 0.25) is 0 Å². The van der Waals surface area contributed by atoms with E-state index in [1.807, 2.05) is 24.4 Å². The molecule has 0 aliphatic rings. The molecule has 18 heavy (non-hydrogen) atoms. The number of hydrogen-bond donors (Lipinski definition) is 0. The van der Waals surface area contributed by atoms with Crippen molar-refractivity contribution in [2.45, 2.75) is 26.4 Å². The molecule has 0 radical (unpaired) electrons. The number of carbonyl (C=O) groups is 1. The number of benzene rings is 1. The molecule has 1 aromatic heterocycles. The van der Waals surface area contributed by atoms with E-state index in [9.17, 15) is 4.79 Å². The van der Waals surface area contributed by atoms with Crippen LogP contribution in [0.5, 0.6) is 0 Å². The van der Waals surface area contributed by atoms with E-state index in [2.05, 4.69) is 29.5 Å². The van der Waals surface area contributed by atoms with Gasteiger partial charge in [0.05, 0.1) is 6.67 Å². The molecule has 3 nitrogen and oxygen atoms in total. The third kappa shape index (κ3) is 2.62. The van der Waals surface area contributed by atoms with Crippen molar-refractivity contribution in [3.63, 3.8) is 0 Å². The van der Waals surface area contributed by atoms with Gasteiger partial charge in [-0.25, -0.2) is 0 Å². The number of unbranched alkanes of at least 4 members (excludes halogenated alkanes) is 1. The molecule has 0 saturated carbocycles. The molecule has 0 atom stereocenters. The van der Waals surface area contributed by atoms with Crippen molar-refractivity contribution in [1.29, 1.82) is 0 Å². The van der Waals surface area contributed by atoms with Gasteiger partial charge in [-0.2, -0.15) is 0 Å². The van der Waals surface area contributed by atoms with Gasteiger partial charge in [-0.3, -0.25) is 9.69 Å². The first kappa shape index (κ1) is 12.8. The van der Waals surface area contributed by atoms with Crippen molar-refractivity contribution in [2.75, 3.05) is 13.6 Å². The third-order valence-corrected chi connectivity index (χ3v) is 3.23. The fourth-order valence-electron chi connectivity index (χ4n) is 2.24. The minimum absolute atomic E-state index is 0.773. The minimum atomic E-state index is 0.773. The molecule has 0 aliphatic carbocycles. The number of aromatic nitrogens is 1. The molecule has 0 spiro atoms. The van der Waals surface area contributed by atoms with Gasteiger partial charge in [-0.15, -0.1) is 0 Å². The fraction of sp³-hybridized carbons (Fsp3) is 0.400. The van der Waals surface area contributed by atoms with Crippen LogP contribution < -0.4 is 0 Å². The van der Waals surface area contributed by atoms with Crippen LogP contribution >= 0.6 is 0 Å². The molecule has 0 N–H and O–H groups in total. The molecule has 0 saturated heterocycles. The Bertz CT molecular complexity index is 530. The zero-order valence-electron chi connectivity index (χ0n) is 11.1. The highest BCUT2D eigenvalue weighted by molar-refractivity contribution is 5.97. The Hall–Kier alpha value is -1.61. The van der Waals surface area contributed by atoms with Crippen molar-refractivity contribution in [2.24, 2.45) is 0 Å². The summed E-state index contributed by atoms with van der Waals surface area (Å²) in [6.45, 7) is 4.11. The summed E-state index contributed by atoms with van der Waals surface area (Å²) in [5.74, 6) is 0. The summed E-state index contributed by atoms with van der Waals surface area (Å²) in [6, 6.07) is 8.05. The first-order valence-corrected chi connectivity index (χ1v) is 6.48. The number of carbonyl (C=O) groups excluding carboxylic acids is 1. The molecule has 96 valence electrons. The van der Waals surface area contributed by atoms with Crippen LogP contribution in [0.3, 0.4) is 0 Å².